The summed E-state index contributed by atoms with van der Waals surface area (Å²) < 4.78 is 42.2. The molecule has 0 saturated carbocycles. The van der Waals surface area contributed by atoms with Gasteiger partial charge in [-0.25, -0.2) is 0 Å². The molecule has 1 aromatic carbocycles. The van der Waals surface area contributed by atoms with E-state index in [0.717, 1.165) is 18.6 Å². The molecule has 0 heterocycles. The Balaban J connectivity index is 2.95. The summed E-state index contributed by atoms with van der Waals surface area (Å²) in [5.41, 5.74) is -0.791. The number of ether oxygens (including phenoxy) is 1. The molecule has 1 nitrogen and oxygen atoms in total. The SMILES string of the molecule is CCCOc1cc(Cl)cc(C(F)(F)F)c1. The van der Waals surface area contributed by atoms with Crippen molar-refractivity contribution >= 4 is 11.6 Å². The van der Waals surface area contributed by atoms with Crippen molar-refractivity contribution < 1.29 is 17.9 Å². The summed E-state index contributed by atoms with van der Waals surface area (Å²) in [5, 5.41) is 0.0240. The number of rotatable bonds is 3. The van der Waals surface area contributed by atoms with E-state index in [0.29, 0.717) is 6.61 Å². The molecule has 0 bridgehead atoms. The zero-order chi connectivity index (χ0) is 11.5. The Morgan fingerprint density at radius 1 is 1.27 bits per heavy atom. The van der Waals surface area contributed by atoms with Gasteiger partial charge in [-0.15, -0.1) is 0 Å². The first-order chi connectivity index (χ1) is 6.93. The topological polar surface area (TPSA) is 9.23 Å². The van der Waals surface area contributed by atoms with Gasteiger partial charge >= 0.3 is 6.18 Å². The molecule has 1 aromatic rings. The highest BCUT2D eigenvalue weighted by molar-refractivity contribution is 6.30. The number of halogens is 4. The van der Waals surface area contributed by atoms with E-state index in [1.54, 1.807) is 0 Å². The fraction of sp³-hybridized carbons (Fsp3) is 0.400. The van der Waals surface area contributed by atoms with E-state index in [-0.39, 0.29) is 10.8 Å². The molecular weight excluding hydrogens is 229 g/mol. The zero-order valence-electron chi connectivity index (χ0n) is 8.07. The van der Waals surface area contributed by atoms with Crippen LogP contribution in [0.15, 0.2) is 18.2 Å². The van der Waals surface area contributed by atoms with Crippen LogP contribution in [0.5, 0.6) is 5.75 Å². The summed E-state index contributed by atoms with van der Waals surface area (Å²) in [6.07, 6.45) is -3.66. The predicted molar refractivity (Wildman–Crippen MR) is 52.2 cm³/mol. The molecule has 0 fully saturated rings. The minimum absolute atomic E-state index is 0.0240. The minimum atomic E-state index is -4.39. The second kappa shape index (κ2) is 4.75. The first kappa shape index (κ1) is 12.2. The van der Waals surface area contributed by atoms with Gasteiger partial charge in [0, 0.05) is 5.02 Å². The summed E-state index contributed by atoms with van der Waals surface area (Å²) in [5.74, 6) is 0.150. The van der Waals surface area contributed by atoms with Gasteiger partial charge in [0.25, 0.3) is 0 Å². The third-order valence-corrected chi connectivity index (χ3v) is 1.89. The normalized spacial score (nSPS) is 11.5. The van der Waals surface area contributed by atoms with Gasteiger partial charge in [-0.05, 0) is 24.6 Å². The first-order valence-electron chi connectivity index (χ1n) is 4.44. The van der Waals surface area contributed by atoms with Crippen molar-refractivity contribution in [3.8, 4) is 5.75 Å². The van der Waals surface area contributed by atoms with Crippen LogP contribution < -0.4 is 4.74 Å². The number of hydrogen-bond donors (Lipinski definition) is 0. The Labute approximate surface area is 90.8 Å². The van der Waals surface area contributed by atoms with E-state index < -0.39 is 11.7 Å². The predicted octanol–water partition coefficient (Wildman–Crippen LogP) is 4.15. The van der Waals surface area contributed by atoms with Crippen LogP contribution in [-0.2, 0) is 6.18 Å². The largest absolute Gasteiger partial charge is 0.494 e. The molecule has 0 aliphatic heterocycles. The van der Waals surface area contributed by atoms with E-state index in [1.165, 1.54) is 6.07 Å². The third kappa shape index (κ3) is 3.63. The second-order valence-electron chi connectivity index (χ2n) is 3.02. The Morgan fingerprint density at radius 2 is 1.93 bits per heavy atom. The maximum Gasteiger partial charge on any atom is 0.416 e. The number of hydrogen-bond acceptors (Lipinski definition) is 1. The van der Waals surface area contributed by atoms with Crippen molar-refractivity contribution in [2.24, 2.45) is 0 Å². The molecule has 0 atom stereocenters. The lowest BCUT2D eigenvalue weighted by Crippen LogP contribution is -2.05. The van der Waals surface area contributed by atoms with Crippen LogP contribution in [0.2, 0.25) is 5.02 Å². The lowest BCUT2D eigenvalue weighted by Gasteiger charge is -2.10. The molecule has 5 heteroatoms. The van der Waals surface area contributed by atoms with E-state index in [9.17, 15) is 13.2 Å². The van der Waals surface area contributed by atoms with E-state index in [1.807, 2.05) is 6.92 Å². The summed E-state index contributed by atoms with van der Waals surface area (Å²) in [6.45, 7) is 2.24. The van der Waals surface area contributed by atoms with E-state index in [4.69, 9.17) is 16.3 Å². The summed E-state index contributed by atoms with van der Waals surface area (Å²) in [6, 6.07) is 3.19. The molecule has 84 valence electrons. The van der Waals surface area contributed by atoms with Crippen molar-refractivity contribution in [3.63, 3.8) is 0 Å². The van der Waals surface area contributed by atoms with Crippen molar-refractivity contribution in [1.29, 1.82) is 0 Å². The van der Waals surface area contributed by atoms with Crippen molar-refractivity contribution in [1.82, 2.24) is 0 Å². The average molecular weight is 239 g/mol. The molecule has 0 aromatic heterocycles. The van der Waals surface area contributed by atoms with E-state index in [2.05, 4.69) is 0 Å². The standard InChI is InChI=1S/C10H10ClF3O/c1-2-3-15-9-5-7(10(12,13)14)4-8(11)6-9/h4-6H,2-3H2,1H3. The highest BCUT2D eigenvalue weighted by Gasteiger charge is 2.31. The molecule has 0 N–H and O–H groups in total. The monoisotopic (exact) mass is 238 g/mol. The van der Waals surface area contributed by atoms with Gasteiger partial charge < -0.3 is 4.74 Å². The maximum atomic E-state index is 12.4. The third-order valence-electron chi connectivity index (χ3n) is 1.67. The molecule has 0 radical (unpaired) electrons. The zero-order valence-corrected chi connectivity index (χ0v) is 8.82. The van der Waals surface area contributed by atoms with Crippen molar-refractivity contribution in [2.75, 3.05) is 6.61 Å². The maximum absolute atomic E-state index is 12.4. The van der Waals surface area contributed by atoms with Gasteiger partial charge in [-0.1, -0.05) is 18.5 Å². The molecular formula is C10H10ClF3O. The fourth-order valence-electron chi connectivity index (χ4n) is 1.03. The Morgan fingerprint density at radius 3 is 2.47 bits per heavy atom. The van der Waals surface area contributed by atoms with Gasteiger partial charge in [0.15, 0.2) is 0 Å². The summed E-state index contributed by atoms with van der Waals surface area (Å²) in [4.78, 5) is 0. The summed E-state index contributed by atoms with van der Waals surface area (Å²) in [7, 11) is 0. The highest BCUT2D eigenvalue weighted by atomic mass is 35.5. The molecule has 0 unspecified atom stereocenters. The van der Waals surface area contributed by atoms with Gasteiger partial charge in [-0.2, -0.15) is 13.2 Å². The van der Waals surface area contributed by atoms with Crippen LogP contribution in [0, 0.1) is 0 Å². The van der Waals surface area contributed by atoms with Crippen LogP contribution in [0.3, 0.4) is 0 Å². The Kier molecular flexibility index (Phi) is 3.85. The quantitative estimate of drug-likeness (QED) is 0.769. The second-order valence-corrected chi connectivity index (χ2v) is 3.46. The number of benzene rings is 1. The van der Waals surface area contributed by atoms with Crippen molar-refractivity contribution in [2.45, 2.75) is 19.5 Å². The molecule has 0 amide bonds. The smallest absolute Gasteiger partial charge is 0.416 e. The highest BCUT2D eigenvalue weighted by Crippen LogP contribution is 2.33. The first-order valence-corrected chi connectivity index (χ1v) is 4.82. The van der Waals surface area contributed by atoms with Gasteiger partial charge in [-0.3, -0.25) is 0 Å². The molecule has 0 saturated heterocycles. The van der Waals surface area contributed by atoms with Crippen LogP contribution in [-0.4, -0.2) is 6.61 Å². The average Bonchev–Trinajstić information content (AvgIpc) is 2.12. The minimum Gasteiger partial charge on any atom is -0.494 e. The van der Waals surface area contributed by atoms with Gasteiger partial charge in [0.2, 0.25) is 0 Å². The van der Waals surface area contributed by atoms with Gasteiger partial charge in [0.05, 0.1) is 12.2 Å². The lowest BCUT2D eigenvalue weighted by molar-refractivity contribution is -0.137. The van der Waals surface area contributed by atoms with Crippen LogP contribution >= 0.6 is 11.6 Å². The fourth-order valence-corrected chi connectivity index (χ4v) is 1.25. The van der Waals surface area contributed by atoms with Crippen molar-refractivity contribution in [3.05, 3.63) is 28.8 Å². The summed E-state index contributed by atoms with van der Waals surface area (Å²) >= 11 is 5.55. The Bertz CT molecular complexity index is 336. The Hall–Kier alpha value is -0.900. The molecule has 15 heavy (non-hydrogen) atoms. The lowest BCUT2D eigenvalue weighted by atomic mass is 10.2. The molecule has 0 spiro atoms. The van der Waals surface area contributed by atoms with Gasteiger partial charge in [0.1, 0.15) is 5.75 Å². The molecule has 0 aliphatic carbocycles. The van der Waals surface area contributed by atoms with E-state index >= 15 is 0 Å². The molecule has 1 rings (SSSR count). The molecule has 0 aliphatic rings. The van der Waals surface area contributed by atoms with Crippen LogP contribution in [0.1, 0.15) is 18.9 Å². The number of alkyl halides is 3. The van der Waals surface area contributed by atoms with Crippen LogP contribution in [0.25, 0.3) is 0 Å². The van der Waals surface area contributed by atoms with Crippen LogP contribution in [0.4, 0.5) is 13.2 Å².